The molecule has 0 aromatic carbocycles. The number of nitrogens with zero attached hydrogens (tertiary/aromatic N) is 1. The molecule has 0 saturated carbocycles. The molecule has 1 aliphatic rings. The standard InChI is InChI=1S/C4H5N3O2/c5-3(8)2-4(9)7-1-6-2/h1,8H,5H2,(H,6,7,9)/b3-2+. The molecule has 1 rings (SSSR count). The molecule has 0 unspecified atom stereocenters. The third-order valence-corrected chi connectivity index (χ3v) is 0.896. The Morgan fingerprint density at radius 3 is 2.78 bits per heavy atom. The van der Waals surface area contributed by atoms with Gasteiger partial charge in [0.25, 0.3) is 0 Å². The molecule has 4 N–H and O–H groups in total. The number of quaternary nitrogens is 1. The molecule has 0 aliphatic carbocycles. The van der Waals surface area contributed by atoms with E-state index < -0.39 is 11.8 Å². The molecule has 0 saturated heterocycles. The highest BCUT2D eigenvalue weighted by atomic mass is 16.3. The summed E-state index contributed by atoms with van der Waals surface area (Å²) < 4.78 is 0. The summed E-state index contributed by atoms with van der Waals surface area (Å²) in [5.74, 6) is -1.19. The van der Waals surface area contributed by atoms with Crippen LogP contribution in [0.2, 0.25) is 0 Å². The van der Waals surface area contributed by atoms with Gasteiger partial charge in [0, 0.05) is 0 Å². The number of nitrogens with two attached hydrogens (primary N) is 2. The van der Waals surface area contributed by atoms with E-state index in [1.807, 2.05) is 0 Å². The largest absolute Gasteiger partial charge is 0.859 e. The lowest BCUT2D eigenvalue weighted by Gasteiger charge is -2.01. The van der Waals surface area contributed by atoms with E-state index in [1.54, 1.807) is 0 Å². The van der Waals surface area contributed by atoms with Crippen molar-refractivity contribution in [3.05, 3.63) is 11.6 Å². The maximum absolute atomic E-state index is 10.5. The summed E-state index contributed by atoms with van der Waals surface area (Å²) in [6, 6.07) is 0. The molecule has 9 heavy (non-hydrogen) atoms. The van der Waals surface area contributed by atoms with E-state index in [0.717, 1.165) is 0 Å². The lowest BCUT2D eigenvalue weighted by Crippen LogP contribution is -2.84. The van der Waals surface area contributed by atoms with Gasteiger partial charge in [-0.2, -0.15) is 4.99 Å². The zero-order valence-corrected chi connectivity index (χ0v) is 4.50. The molecule has 0 bridgehead atoms. The van der Waals surface area contributed by atoms with Crippen molar-refractivity contribution in [2.75, 3.05) is 0 Å². The molecule has 1 aliphatic heterocycles. The molecule has 1 amide bonds. The van der Waals surface area contributed by atoms with Crippen LogP contribution in [-0.2, 0) is 4.79 Å². The van der Waals surface area contributed by atoms with Gasteiger partial charge in [-0.3, -0.25) is 0 Å². The summed E-state index contributed by atoms with van der Waals surface area (Å²) in [7, 11) is 0. The van der Waals surface area contributed by atoms with E-state index in [-0.39, 0.29) is 5.70 Å². The summed E-state index contributed by atoms with van der Waals surface area (Å²) in [5, 5.41) is 11.4. The average Bonchev–Trinajstić information content (AvgIpc) is 2.13. The Labute approximate surface area is 50.9 Å². The van der Waals surface area contributed by atoms with Gasteiger partial charge in [0.15, 0.2) is 12.0 Å². The maximum Gasteiger partial charge on any atom is 0.367 e. The van der Waals surface area contributed by atoms with Gasteiger partial charge in [0.2, 0.25) is 0 Å². The second-order valence-electron chi connectivity index (χ2n) is 1.52. The van der Waals surface area contributed by atoms with Crippen LogP contribution in [0.25, 0.3) is 0 Å². The molecule has 5 heteroatoms. The molecule has 0 atom stereocenters. The van der Waals surface area contributed by atoms with E-state index >= 15 is 0 Å². The monoisotopic (exact) mass is 127 g/mol. The van der Waals surface area contributed by atoms with E-state index in [9.17, 15) is 9.90 Å². The fourth-order valence-electron chi connectivity index (χ4n) is 0.507. The lowest BCUT2D eigenvalue weighted by atomic mass is 10.4. The van der Waals surface area contributed by atoms with E-state index in [1.165, 1.54) is 11.7 Å². The molecule has 48 valence electrons. The normalized spacial score (nSPS) is 22.9. The quantitative estimate of drug-likeness (QED) is 0.262. The van der Waals surface area contributed by atoms with Crippen LogP contribution in [0.3, 0.4) is 0 Å². The van der Waals surface area contributed by atoms with Gasteiger partial charge in [-0.25, -0.2) is 10.1 Å². The van der Waals surface area contributed by atoms with Crippen molar-refractivity contribution < 1.29 is 15.2 Å². The Morgan fingerprint density at radius 2 is 2.56 bits per heavy atom. The fourth-order valence-corrected chi connectivity index (χ4v) is 0.507. The van der Waals surface area contributed by atoms with E-state index in [4.69, 9.17) is 5.73 Å². The van der Waals surface area contributed by atoms with Crippen LogP contribution < -0.4 is 16.2 Å². The van der Waals surface area contributed by atoms with Crippen LogP contribution in [0.1, 0.15) is 0 Å². The minimum absolute atomic E-state index is 0.185. The zero-order chi connectivity index (χ0) is 6.85. The summed E-state index contributed by atoms with van der Waals surface area (Å²) in [6.07, 6.45) is 1.25. The Bertz CT molecular complexity index is 202. The van der Waals surface area contributed by atoms with Crippen LogP contribution in [0.15, 0.2) is 16.6 Å². The average molecular weight is 127 g/mol. The lowest BCUT2D eigenvalue weighted by molar-refractivity contribution is -0.434. The van der Waals surface area contributed by atoms with Crippen LogP contribution in [0.5, 0.6) is 0 Å². The summed E-state index contributed by atoms with van der Waals surface area (Å²) >= 11 is 0. The van der Waals surface area contributed by atoms with E-state index in [2.05, 4.69) is 4.99 Å². The van der Waals surface area contributed by atoms with Gasteiger partial charge in [0.1, 0.15) is 0 Å². The van der Waals surface area contributed by atoms with Gasteiger partial charge in [-0.1, -0.05) is 0 Å². The first-order valence-electron chi connectivity index (χ1n) is 2.30. The highest BCUT2D eigenvalue weighted by molar-refractivity contribution is 5.93. The first-order valence-corrected chi connectivity index (χ1v) is 2.30. The van der Waals surface area contributed by atoms with Gasteiger partial charge in [-0.05, 0) is 5.88 Å². The summed E-state index contributed by atoms with van der Waals surface area (Å²) in [4.78, 5) is 13.9. The Hall–Kier alpha value is -1.36. The van der Waals surface area contributed by atoms with Gasteiger partial charge in [-0.15, -0.1) is 0 Å². The minimum Gasteiger partial charge on any atom is -0.859 e. The number of carbonyl (C=O) groups is 1. The van der Waals surface area contributed by atoms with Crippen LogP contribution in [-0.4, -0.2) is 12.2 Å². The van der Waals surface area contributed by atoms with Gasteiger partial charge >= 0.3 is 5.91 Å². The highest BCUT2D eigenvalue weighted by Crippen LogP contribution is 1.94. The number of primary amides is 1. The van der Waals surface area contributed by atoms with Crippen molar-refractivity contribution in [2.45, 2.75) is 0 Å². The Kier molecular flexibility index (Phi) is 1.20. The summed E-state index contributed by atoms with van der Waals surface area (Å²) in [5.41, 5.74) is 4.57. The number of rotatable bonds is 0. The van der Waals surface area contributed by atoms with Crippen molar-refractivity contribution in [1.82, 2.24) is 0 Å². The van der Waals surface area contributed by atoms with Crippen molar-refractivity contribution in [3.8, 4) is 0 Å². The van der Waals surface area contributed by atoms with Crippen LogP contribution >= 0.6 is 0 Å². The smallest absolute Gasteiger partial charge is 0.367 e. The molecule has 1 heterocycles. The number of carbonyl (C=O) groups excluding carboxylic acids is 1. The number of hydrogen-bond donors (Lipinski definition) is 2. The van der Waals surface area contributed by atoms with Crippen molar-refractivity contribution in [2.24, 2.45) is 10.7 Å². The predicted molar refractivity (Wildman–Crippen MR) is 26.6 cm³/mol. The summed E-state index contributed by atoms with van der Waals surface area (Å²) in [6.45, 7) is 0. The first-order chi connectivity index (χ1) is 4.22. The predicted octanol–water partition coefficient (Wildman–Crippen LogP) is -3.39. The maximum atomic E-state index is 10.5. The molecule has 0 aromatic heterocycles. The molecule has 5 nitrogen and oxygen atoms in total. The molecule has 0 radical (unpaired) electrons. The number of hydrogen-bond acceptors (Lipinski definition) is 4. The first kappa shape index (κ1) is 5.77. The Morgan fingerprint density at radius 1 is 1.89 bits per heavy atom. The third-order valence-electron chi connectivity index (χ3n) is 0.896. The van der Waals surface area contributed by atoms with Crippen molar-refractivity contribution in [1.29, 1.82) is 0 Å². The topological polar surface area (TPSA) is 95.1 Å². The second-order valence-corrected chi connectivity index (χ2v) is 1.52. The molecule has 0 spiro atoms. The molecular formula is C4H5N3O2. The fraction of sp³-hybridized carbons (Fsp3) is 0. The van der Waals surface area contributed by atoms with Crippen LogP contribution in [0.4, 0.5) is 0 Å². The van der Waals surface area contributed by atoms with E-state index in [0.29, 0.717) is 0 Å². The van der Waals surface area contributed by atoms with Crippen molar-refractivity contribution >= 4 is 12.2 Å². The van der Waals surface area contributed by atoms with Crippen molar-refractivity contribution in [3.63, 3.8) is 0 Å². The SMILES string of the molecule is N/C([O-])=C1\N=C[NH2+]C1=O. The van der Waals surface area contributed by atoms with Gasteiger partial charge in [0.05, 0.1) is 0 Å². The zero-order valence-electron chi connectivity index (χ0n) is 4.50. The highest BCUT2D eigenvalue weighted by Gasteiger charge is 2.17. The molecule has 0 aromatic rings. The molecule has 0 fully saturated rings. The molecular weight excluding hydrogens is 122 g/mol. The Balaban J connectivity index is 2.95. The van der Waals surface area contributed by atoms with Crippen LogP contribution in [0, 0.1) is 0 Å². The number of aliphatic imine (C=N–C) groups is 1. The van der Waals surface area contributed by atoms with Gasteiger partial charge < -0.3 is 10.8 Å². The third kappa shape index (κ3) is 0.895. The number of amides is 1. The second kappa shape index (κ2) is 1.87. The minimum atomic E-state index is -0.773.